The number of nitrogens with one attached hydrogen (secondary N) is 2. The van der Waals surface area contributed by atoms with E-state index in [0.717, 1.165) is 9.87 Å². The third-order valence-corrected chi connectivity index (χ3v) is 8.98. The molecule has 2 amide bonds. The third kappa shape index (κ3) is 6.71. The Balaban J connectivity index is 1.69. The van der Waals surface area contributed by atoms with E-state index < -0.39 is 52.4 Å². The Hall–Kier alpha value is -3.89. The Labute approximate surface area is 244 Å². The summed E-state index contributed by atoms with van der Waals surface area (Å²) in [5, 5.41) is 5.79. The third-order valence-electron chi connectivity index (χ3n) is 6.61. The summed E-state index contributed by atoms with van der Waals surface area (Å²) in [5.41, 5.74) is 2.25. The van der Waals surface area contributed by atoms with Crippen LogP contribution < -0.4 is 14.9 Å². The van der Waals surface area contributed by atoms with Crippen molar-refractivity contribution in [1.29, 1.82) is 0 Å². The molecule has 41 heavy (non-hydrogen) atoms. The predicted molar refractivity (Wildman–Crippen MR) is 157 cm³/mol. The highest BCUT2D eigenvalue weighted by Gasteiger charge is 2.43. The van der Waals surface area contributed by atoms with Crippen molar-refractivity contribution in [3.63, 3.8) is 0 Å². The zero-order valence-electron chi connectivity index (χ0n) is 23.2. The van der Waals surface area contributed by atoms with E-state index in [1.807, 2.05) is 30.3 Å². The van der Waals surface area contributed by atoms with E-state index in [1.165, 1.54) is 6.07 Å². The van der Waals surface area contributed by atoms with Gasteiger partial charge in [0.25, 0.3) is 10.0 Å². The van der Waals surface area contributed by atoms with Gasteiger partial charge in [-0.25, -0.2) is 13.2 Å². The van der Waals surface area contributed by atoms with Crippen molar-refractivity contribution in [2.75, 3.05) is 9.62 Å². The van der Waals surface area contributed by atoms with Gasteiger partial charge in [-0.3, -0.25) is 13.9 Å². The molecule has 0 aromatic heterocycles. The van der Waals surface area contributed by atoms with Crippen molar-refractivity contribution in [3.05, 3.63) is 88.4 Å². The maximum atomic E-state index is 14.2. The Kier molecular flexibility index (Phi) is 9.04. The van der Waals surface area contributed by atoms with Gasteiger partial charge in [-0.15, -0.1) is 0 Å². The van der Waals surface area contributed by atoms with Crippen LogP contribution in [0.1, 0.15) is 37.0 Å². The molecule has 0 aliphatic carbocycles. The molecule has 216 valence electrons. The molecule has 1 unspecified atom stereocenters. The molecule has 2 N–H and O–H groups in total. The summed E-state index contributed by atoms with van der Waals surface area (Å²) in [6.45, 7) is 6.70. The van der Waals surface area contributed by atoms with Gasteiger partial charge in [0.1, 0.15) is 12.1 Å². The van der Waals surface area contributed by atoms with E-state index in [4.69, 9.17) is 16.3 Å². The highest BCUT2D eigenvalue weighted by Crippen LogP contribution is 2.38. The summed E-state index contributed by atoms with van der Waals surface area (Å²) in [4.78, 5) is 39.6. The van der Waals surface area contributed by atoms with E-state index in [0.29, 0.717) is 21.8 Å². The van der Waals surface area contributed by atoms with Crippen molar-refractivity contribution in [1.82, 2.24) is 5.32 Å². The molecule has 1 aliphatic heterocycles. The van der Waals surface area contributed by atoms with Gasteiger partial charge < -0.3 is 15.4 Å². The molecule has 1 heterocycles. The van der Waals surface area contributed by atoms with Crippen molar-refractivity contribution in [2.45, 2.75) is 63.6 Å². The molecule has 0 radical (unpaired) electrons. The average Bonchev–Trinajstić information content (AvgIpc) is 2.90. The van der Waals surface area contributed by atoms with Gasteiger partial charge >= 0.3 is 5.97 Å². The van der Waals surface area contributed by atoms with Crippen LogP contribution in [-0.4, -0.2) is 44.4 Å². The fraction of sp³-hybridized carbons (Fsp3) is 0.300. The summed E-state index contributed by atoms with van der Waals surface area (Å²) in [6, 6.07) is 16.1. The molecule has 2 atom stereocenters. The number of amides is 2. The normalized spacial score (nSPS) is 15.6. The van der Waals surface area contributed by atoms with Gasteiger partial charge in [0, 0.05) is 11.4 Å². The lowest BCUT2D eigenvalue weighted by atomic mass is 10.0. The van der Waals surface area contributed by atoms with Crippen molar-refractivity contribution < 1.29 is 27.5 Å². The largest absolute Gasteiger partial charge is 0.461 e. The van der Waals surface area contributed by atoms with Crippen molar-refractivity contribution in [3.8, 4) is 0 Å². The number of hydrogen-bond donors (Lipinski definition) is 2. The average molecular weight is 598 g/mol. The lowest BCUT2D eigenvalue weighted by molar-refractivity contribution is -0.151. The van der Waals surface area contributed by atoms with Gasteiger partial charge in [-0.2, -0.15) is 0 Å². The molecule has 0 saturated heterocycles. The van der Waals surface area contributed by atoms with Crippen LogP contribution in [0.3, 0.4) is 0 Å². The Morgan fingerprint density at radius 2 is 1.68 bits per heavy atom. The number of rotatable bonds is 9. The van der Waals surface area contributed by atoms with Crippen LogP contribution in [-0.2, 0) is 35.6 Å². The molecule has 9 nitrogen and oxygen atoms in total. The SMILES string of the molecule is Cc1cc(S(=O)(=O)N2c3ccccc3NC(=O)[C@H]2CC(=O)NC(Cc2ccccc2)C(=O)OC(C)C)c(C)cc1Cl. The molecule has 11 heteroatoms. The Morgan fingerprint density at radius 1 is 1.02 bits per heavy atom. The molecule has 0 saturated carbocycles. The fourth-order valence-corrected chi connectivity index (χ4v) is 6.80. The van der Waals surface area contributed by atoms with Crippen molar-refractivity contribution in [2.24, 2.45) is 0 Å². The minimum absolute atomic E-state index is 0.0308. The summed E-state index contributed by atoms with van der Waals surface area (Å²) in [5.74, 6) is -1.99. The van der Waals surface area contributed by atoms with E-state index >= 15 is 0 Å². The maximum Gasteiger partial charge on any atom is 0.329 e. The molecule has 3 aromatic carbocycles. The van der Waals surface area contributed by atoms with Gasteiger partial charge in [0.2, 0.25) is 11.8 Å². The number of anilines is 2. The number of carbonyl (C=O) groups is 3. The highest BCUT2D eigenvalue weighted by molar-refractivity contribution is 7.93. The first-order chi connectivity index (χ1) is 19.4. The summed E-state index contributed by atoms with van der Waals surface area (Å²) in [7, 11) is -4.34. The lowest BCUT2D eigenvalue weighted by Gasteiger charge is -2.37. The molecule has 3 aromatic rings. The Bertz CT molecular complexity index is 1580. The second-order valence-electron chi connectivity index (χ2n) is 10.2. The number of aryl methyl sites for hydroxylation is 2. The molecular weight excluding hydrogens is 566 g/mol. The molecule has 4 rings (SSSR count). The fourth-order valence-electron chi connectivity index (χ4n) is 4.66. The first-order valence-electron chi connectivity index (χ1n) is 13.1. The second-order valence-corrected chi connectivity index (χ2v) is 12.4. The Morgan fingerprint density at radius 3 is 2.37 bits per heavy atom. The number of carbonyl (C=O) groups excluding carboxylic acids is 3. The monoisotopic (exact) mass is 597 g/mol. The molecule has 0 spiro atoms. The van der Waals surface area contributed by atoms with Gasteiger partial charge in [0.15, 0.2) is 0 Å². The number of sulfonamides is 1. The summed E-state index contributed by atoms with van der Waals surface area (Å²) in [6.07, 6.45) is -0.793. The highest BCUT2D eigenvalue weighted by atomic mass is 35.5. The number of benzene rings is 3. The summed E-state index contributed by atoms with van der Waals surface area (Å²) >= 11 is 6.22. The van der Waals surface area contributed by atoms with Crippen molar-refractivity contribution >= 4 is 50.8 Å². The quantitative estimate of drug-likeness (QED) is 0.349. The van der Waals surface area contributed by atoms with Crippen LogP contribution in [0.15, 0.2) is 71.6 Å². The van der Waals surface area contributed by atoms with E-state index in [2.05, 4.69) is 10.6 Å². The molecular formula is C30H32ClN3O6S. The van der Waals surface area contributed by atoms with Crippen LogP contribution in [0.2, 0.25) is 5.02 Å². The second kappa shape index (κ2) is 12.3. The minimum atomic E-state index is -4.34. The number of hydrogen-bond acceptors (Lipinski definition) is 6. The van der Waals surface area contributed by atoms with E-state index in [9.17, 15) is 22.8 Å². The molecule has 1 aliphatic rings. The van der Waals surface area contributed by atoms with Crippen LogP contribution >= 0.6 is 11.6 Å². The zero-order chi connectivity index (χ0) is 29.9. The van der Waals surface area contributed by atoms with Gasteiger partial charge in [-0.05, 0) is 68.7 Å². The lowest BCUT2D eigenvalue weighted by Crippen LogP contribution is -2.54. The smallest absolute Gasteiger partial charge is 0.329 e. The first-order valence-corrected chi connectivity index (χ1v) is 14.9. The van der Waals surface area contributed by atoms with Crippen LogP contribution in [0, 0.1) is 13.8 Å². The predicted octanol–water partition coefficient (Wildman–Crippen LogP) is 4.54. The number of halogens is 1. The number of para-hydroxylation sites is 2. The van der Waals surface area contributed by atoms with E-state index in [-0.39, 0.29) is 17.0 Å². The maximum absolute atomic E-state index is 14.2. The van der Waals surface area contributed by atoms with Crippen LogP contribution in [0.4, 0.5) is 11.4 Å². The number of nitrogens with zero attached hydrogens (tertiary/aromatic N) is 1. The number of fused-ring (bicyclic) bond motifs is 1. The van der Waals surface area contributed by atoms with Gasteiger partial charge in [0.05, 0.1) is 28.8 Å². The van der Waals surface area contributed by atoms with E-state index in [1.54, 1.807) is 58.0 Å². The summed E-state index contributed by atoms with van der Waals surface area (Å²) < 4.78 is 34.7. The minimum Gasteiger partial charge on any atom is -0.461 e. The van der Waals surface area contributed by atoms with Crippen LogP contribution in [0.5, 0.6) is 0 Å². The molecule has 0 bridgehead atoms. The van der Waals surface area contributed by atoms with Gasteiger partial charge in [-0.1, -0.05) is 54.1 Å². The first kappa shape index (κ1) is 30.1. The topological polar surface area (TPSA) is 122 Å². The number of esters is 1. The molecule has 0 fully saturated rings. The zero-order valence-corrected chi connectivity index (χ0v) is 24.8. The number of ether oxygens (including phenoxy) is 1. The standard InChI is InChI=1S/C30H32ClN3O6S/c1-18(2)40-30(37)24(16-21-10-6-5-7-11-21)32-28(35)17-26-29(36)33-23-12-8-9-13-25(23)34(26)41(38,39)27-15-19(3)22(31)14-20(27)4/h5-15,18,24,26H,16-17H2,1-4H3,(H,32,35)(H,33,36)/t24?,26-/m1/s1. The van der Waals surface area contributed by atoms with Crippen LogP contribution in [0.25, 0.3) is 0 Å².